The lowest BCUT2D eigenvalue weighted by atomic mass is 10.2. The zero-order valence-corrected chi connectivity index (χ0v) is 52.1. The first kappa shape index (κ1) is 75.5. The van der Waals surface area contributed by atoms with Gasteiger partial charge in [-0.3, -0.25) is 9.79 Å². The molecule has 0 N–H and O–H groups in total. The van der Waals surface area contributed by atoms with Gasteiger partial charge in [-0.25, -0.2) is 19.2 Å². The van der Waals surface area contributed by atoms with Gasteiger partial charge in [0.05, 0.1) is 65.7 Å². The lowest BCUT2D eigenvalue weighted by Gasteiger charge is -2.07. The molecule has 0 saturated carbocycles. The molecule has 0 amide bonds. The summed E-state index contributed by atoms with van der Waals surface area (Å²) in [5, 5.41) is 1.92. The highest BCUT2D eigenvalue weighted by Crippen LogP contribution is 2.33. The van der Waals surface area contributed by atoms with Crippen LogP contribution >= 0.6 is 23.5 Å². The number of rotatable bonds is 37. The largest absolute Gasteiger partial charge is 0.498 e. The van der Waals surface area contributed by atoms with E-state index in [-0.39, 0.29) is 17.1 Å². The molecule has 0 atom stereocenters. The number of aliphatic imine (C=N–C) groups is 1. The summed E-state index contributed by atoms with van der Waals surface area (Å²) >= 11 is 2.82. The van der Waals surface area contributed by atoms with Crippen molar-refractivity contribution in [3.05, 3.63) is 206 Å². The lowest BCUT2D eigenvalue weighted by molar-refractivity contribution is -0.138. The summed E-state index contributed by atoms with van der Waals surface area (Å²) in [5.41, 5.74) is 3.55. The molecule has 15 nitrogen and oxygen atoms in total. The molecule has 0 heterocycles. The molecule has 86 heavy (non-hydrogen) atoms. The molecule has 0 unspecified atom stereocenters. The van der Waals surface area contributed by atoms with Crippen LogP contribution < -0.4 is 18.9 Å². The maximum atomic E-state index is 12.6. The summed E-state index contributed by atoms with van der Waals surface area (Å²) in [4.78, 5) is 61.4. The number of methoxy groups -OCH3 is 1. The van der Waals surface area contributed by atoms with Crippen LogP contribution in [-0.2, 0) is 47.7 Å². The predicted octanol–water partition coefficient (Wildman–Crippen LogP) is 15.6. The molecular weight excluding hydrogens is 1130 g/mol. The van der Waals surface area contributed by atoms with Crippen molar-refractivity contribution in [2.75, 3.05) is 66.2 Å². The molecule has 0 fully saturated rings. The quantitative estimate of drug-likeness (QED) is 0.00607. The van der Waals surface area contributed by atoms with Crippen molar-refractivity contribution in [1.29, 1.82) is 0 Å². The number of allylic oxidation sites excluding steroid dienone is 5. The Labute approximate surface area is 518 Å². The molecule has 462 valence electrons. The van der Waals surface area contributed by atoms with Crippen LogP contribution in [0.25, 0.3) is 12.2 Å². The Morgan fingerprint density at radius 1 is 0.500 bits per heavy atom. The van der Waals surface area contributed by atoms with Crippen LogP contribution in [-0.4, -0.2) is 101 Å². The molecular formula is C69H85NO14S2. The summed E-state index contributed by atoms with van der Waals surface area (Å²) in [6.45, 7) is 26.6. The zero-order valence-electron chi connectivity index (χ0n) is 50.5. The molecule has 0 aliphatic heterocycles. The van der Waals surface area contributed by atoms with Gasteiger partial charge in [0.15, 0.2) is 0 Å². The molecule has 4 aromatic rings. The minimum atomic E-state index is -0.423. The van der Waals surface area contributed by atoms with Crippen molar-refractivity contribution in [3.63, 3.8) is 0 Å². The van der Waals surface area contributed by atoms with Crippen LogP contribution in [0.5, 0.6) is 23.0 Å². The van der Waals surface area contributed by atoms with Crippen molar-refractivity contribution in [3.8, 4) is 23.0 Å². The van der Waals surface area contributed by atoms with Crippen LogP contribution in [0.4, 0.5) is 5.69 Å². The van der Waals surface area contributed by atoms with E-state index in [1.165, 1.54) is 12.2 Å². The van der Waals surface area contributed by atoms with E-state index in [1.54, 1.807) is 49.4 Å². The first-order chi connectivity index (χ1) is 41.8. The van der Waals surface area contributed by atoms with E-state index in [0.717, 1.165) is 113 Å². The third kappa shape index (κ3) is 39.9. The van der Waals surface area contributed by atoms with Gasteiger partial charge < -0.3 is 42.6 Å². The summed E-state index contributed by atoms with van der Waals surface area (Å²) in [6, 6.07) is 28.3. The molecule has 17 heteroatoms. The van der Waals surface area contributed by atoms with Gasteiger partial charge in [-0.2, -0.15) is 0 Å². The van der Waals surface area contributed by atoms with E-state index in [4.69, 9.17) is 42.6 Å². The SMILES string of the molecule is C/C=C/SC.C=C/C=C(\C)OCCCCOC(=O)C=C.C=CC(=O)OCCCCOc1ccc(/C=C/C)cc1.C=CC(=O)OCCCCOc1ccc(C=Nc2ccc(SC(=O)/C=C/c3ccc(OCCCCOC(=O)C=C)cc3)cc2OC)cc1. The van der Waals surface area contributed by atoms with Gasteiger partial charge in [-0.05, 0) is 191 Å². The van der Waals surface area contributed by atoms with Crippen molar-refractivity contribution in [1.82, 2.24) is 0 Å². The number of carbonyl (C=O) groups is 5. The first-order valence-corrected chi connectivity index (χ1v) is 30.0. The van der Waals surface area contributed by atoms with Gasteiger partial charge in [-0.15, -0.1) is 11.8 Å². The third-order valence-electron chi connectivity index (χ3n) is 10.7. The predicted molar refractivity (Wildman–Crippen MR) is 350 cm³/mol. The summed E-state index contributed by atoms with van der Waals surface area (Å²) in [5.74, 6) is 2.12. The highest BCUT2D eigenvalue weighted by atomic mass is 32.2. The fourth-order valence-electron chi connectivity index (χ4n) is 6.38. The molecule has 0 bridgehead atoms. The van der Waals surface area contributed by atoms with Crippen LogP contribution in [0.3, 0.4) is 0 Å². The second-order valence-corrected chi connectivity index (χ2v) is 19.3. The smallest absolute Gasteiger partial charge is 0.330 e. The van der Waals surface area contributed by atoms with Gasteiger partial charge in [-0.1, -0.05) is 87.5 Å². The zero-order chi connectivity index (χ0) is 63.3. The summed E-state index contributed by atoms with van der Waals surface area (Å²) in [7, 11) is 1.56. The minimum absolute atomic E-state index is 0.126. The summed E-state index contributed by atoms with van der Waals surface area (Å²) in [6.07, 6.45) is 27.4. The Morgan fingerprint density at radius 3 is 1.26 bits per heavy atom. The Balaban J connectivity index is 0.000000768. The van der Waals surface area contributed by atoms with E-state index >= 15 is 0 Å². The van der Waals surface area contributed by atoms with E-state index in [9.17, 15) is 24.0 Å². The molecule has 0 saturated heterocycles. The Bertz CT molecular complexity index is 2780. The van der Waals surface area contributed by atoms with Crippen LogP contribution in [0.1, 0.15) is 88.8 Å². The third-order valence-corrected chi connectivity index (χ3v) is 12.1. The average molecular weight is 1220 g/mol. The van der Waals surface area contributed by atoms with Crippen LogP contribution in [0.15, 0.2) is 200 Å². The number of nitrogens with zero attached hydrogens (tertiary/aromatic N) is 1. The molecule has 0 spiro atoms. The number of unbranched alkanes of at least 4 members (excludes halogenated alkanes) is 4. The van der Waals surface area contributed by atoms with E-state index in [0.29, 0.717) is 77.1 Å². The number of esters is 4. The average Bonchev–Trinajstić information content (AvgIpc) is 3.50. The maximum absolute atomic E-state index is 12.6. The Kier molecular flexibility index (Phi) is 44.7. The van der Waals surface area contributed by atoms with Crippen LogP contribution in [0.2, 0.25) is 0 Å². The van der Waals surface area contributed by atoms with Gasteiger partial charge in [0.1, 0.15) is 28.7 Å². The number of benzene rings is 4. The fraction of sp³-hybridized carbons (Fsp3) is 0.304. The lowest BCUT2D eigenvalue weighted by Crippen LogP contribution is -2.04. The number of hydrogen-bond donors (Lipinski definition) is 0. The van der Waals surface area contributed by atoms with Crippen LogP contribution in [0, 0.1) is 0 Å². The molecule has 0 radical (unpaired) electrons. The standard InChI is InChI=1S/C37H39NO8S.C16H20O3.C12H18O3.C4H8S/c1-4-35(39)45-24-8-6-22-43-30-15-10-28(11-16-30)14-21-37(41)47-32-19-20-33(34(26-32)42-3)38-27-29-12-17-31(18-13-29)44-23-7-9-25-46-36(40)5-2;1-3-7-14-8-10-15(11-9-14)18-12-5-6-13-19-16(17)4-2;1-4-8-11(3)14-9-6-7-10-15-12(13)5-2;1-3-4-5-2/h4-5,10-21,26-27H,1-2,6-9,22-25H2,3H3;3-4,7-11H,2,5-6,12-13H2,1H3;4-5,8H,1-2,6-7,9-10H2,3H3;3-4H,1-2H3/b21-14+,38-27?;7-3+;11-8+;4-3+. The normalized spacial score (nSPS) is 10.6. The topological polar surface area (TPSA) is 181 Å². The second kappa shape index (κ2) is 50.9. The van der Waals surface area contributed by atoms with E-state index in [1.807, 2.05) is 136 Å². The number of ether oxygens (including phenoxy) is 9. The van der Waals surface area contributed by atoms with Crippen molar-refractivity contribution < 1.29 is 66.6 Å². The monoisotopic (exact) mass is 1220 g/mol. The van der Waals surface area contributed by atoms with Gasteiger partial charge >= 0.3 is 23.9 Å². The molecule has 4 rings (SSSR count). The highest BCUT2D eigenvalue weighted by molar-refractivity contribution is 8.14. The Morgan fingerprint density at radius 2 is 0.895 bits per heavy atom. The number of thioether (sulfide) groups is 2. The number of hydrogen-bond acceptors (Lipinski definition) is 17. The highest BCUT2D eigenvalue weighted by Gasteiger charge is 2.08. The molecule has 4 aromatic carbocycles. The molecule has 0 aromatic heterocycles. The second-order valence-electron chi connectivity index (χ2n) is 17.5. The maximum Gasteiger partial charge on any atom is 0.330 e. The molecule has 0 aliphatic rings. The van der Waals surface area contributed by atoms with E-state index in [2.05, 4.69) is 37.9 Å². The first-order valence-electron chi connectivity index (χ1n) is 27.9. The van der Waals surface area contributed by atoms with Crippen molar-refractivity contribution in [2.45, 2.75) is 77.0 Å². The van der Waals surface area contributed by atoms with Crippen molar-refractivity contribution >= 4 is 76.6 Å². The van der Waals surface area contributed by atoms with Gasteiger partial charge in [0.2, 0.25) is 5.12 Å². The van der Waals surface area contributed by atoms with Gasteiger partial charge in [0.25, 0.3) is 0 Å². The Hall–Kier alpha value is -8.54. The van der Waals surface area contributed by atoms with Crippen molar-refractivity contribution in [2.24, 2.45) is 4.99 Å². The summed E-state index contributed by atoms with van der Waals surface area (Å²) < 4.78 is 47.5. The number of carbonyl (C=O) groups excluding carboxylic acids is 5. The fourth-order valence-corrected chi connectivity index (χ4v) is 7.32. The molecule has 0 aliphatic carbocycles. The minimum Gasteiger partial charge on any atom is -0.498 e. The van der Waals surface area contributed by atoms with E-state index < -0.39 is 11.9 Å². The van der Waals surface area contributed by atoms with Gasteiger partial charge in [0, 0.05) is 35.4 Å².